The zero-order valence-electron chi connectivity index (χ0n) is 28.8. The van der Waals surface area contributed by atoms with Gasteiger partial charge in [0.15, 0.2) is 0 Å². The van der Waals surface area contributed by atoms with Crippen molar-refractivity contribution in [2.24, 2.45) is 11.3 Å². The summed E-state index contributed by atoms with van der Waals surface area (Å²) in [4.78, 5) is 68.6. The molecule has 4 amide bonds. The van der Waals surface area contributed by atoms with Gasteiger partial charge in [0.25, 0.3) is 0 Å². The number of fused-ring (bicyclic) bond motifs is 3. The van der Waals surface area contributed by atoms with Crippen LogP contribution in [0.5, 0.6) is 0 Å². The van der Waals surface area contributed by atoms with Crippen LogP contribution in [0.25, 0.3) is 0 Å². The maximum Gasteiger partial charge on any atom is 0.410 e. The summed E-state index contributed by atoms with van der Waals surface area (Å²) in [5, 5.41) is 4.05. The summed E-state index contributed by atoms with van der Waals surface area (Å²) in [7, 11) is -4.26. The lowest BCUT2D eigenvalue weighted by Crippen LogP contribution is -2.58. The van der Waals surface area contributed by atoms with Crippen molar-refractivity contribution in [3.63, 3.8) is 0 Å². The number of amides is 4. The molecule has 266 valence electrons. The van der Waals surface area contributed by atoms with Gasteiger partial charge in [0.2, 0.25) is 11.8 Å². The second kappa shape index (κ2) is 14.4. The summed E-state index contributed by atoms with van der Waals surface area (Å²) >= 11 is 0. The molecule has 13 nitrogen and oxygen atoms in total. The molecule has 3 heterocycles. The number of ether oxygens (including phenoxy) is 2. The number of hydrogen-bond donors (Lipinski definition) is 3. The maximum atomic E-state index is 14.3. The molecule has 1 aromatic rings. The summed E-state index contributed by atoms with van der Waals surface area (Å²) in [6.07, 6.45) is 3.04. The highest BCUT2D eigenvalue weighted by molar-refractivity contribution is 7.55. The molecule has 1 aromatic carbocycles. The topological polar surface area (TPSA) is 164 Å². The Labute approximate surface area is 282 Å². The monoisotopic (exact) mass is 690 g/mol. The van der Waals surface area contributed by atoms with Crippen molar-refractivity contribution in [1.29, 1.82) is 0 Å². The van der Waals surface area contributed by atoms with Crippen LogP contribution in [0.15, 0.2) is 18.2 Å². The van der Waals surface area contributed by atoms with Crippen LogP contribution in [0.2, 0.25) is 0 Å². The molecule has 5 rings (SSSR count). The summed E-state index contributed by atoms with van der Waals surface area (Å²) in [5.41, 5.74) is 2.62. The molecule has 0 aromatic heterocycles. The Balaban J connectivity index is 1.43. The van der Waals surface area contributed by atoms with E-state index in [4.69, 9.17) is 14.0 Å². The molecule has 0 spiro atoms. The second-order valence-corrected chi connectivity index (χ2v) is 16.7. The molecule has 14 heteroatoms. The summed E-state index contributed by atoms with van der Waals surface area (Å²) in [6, 6.07) is 3.91. The summed E-state index contributed by atoms with van der Waals surface area (Å²) in [6.45, 7) is 9.80. The van der Waals surface area contributed by atoms with Crippen LogP contribution in [0, 0.1) is 11.3 Å². The van der Waals surface area contributed by atoms with Crippen LogP contribution in [0.4, 0.5) is 9.59 Å². The van der Waals surface area contributed by atoms with E-state index in [9.17, 15) is 28.6 Å². The average molecular weight is 691 g/mol. The third-order valence-corrected chi connectivity index (χ3v) is 12.4. The van der Waals surface area contributed by atoms with Crippen molar-refractivity contribution in [3.8, 4) is 0 Å². The van der Waals surface area contributed by atoms with E-state index in [1.54, 1.807) is 32.6 Å². The second-order valence-electron chi connectivity index (χ2n) is 14.6. The molecule has 48 heavy (non-hydrogen) atoms. The zero-order valence-corrected chi connectivity index (χ0v) is 29.7. The van der Waals surface area contributed by atoms with Crippen molar-refractivity contribution in [2.75, 3.05) is 19.8 Å². The fourth-order valence-corrected chi connectivity index (χ4v) is 9.24. The number of alkyl carbamates (subject to hydrolysis) is 1. The lowest BCUT2D eigenvalue weighted by molar-refractivity contribution is -0.142. The van der Waals surface area contributed by atoms with Gasteiger partial charge in [0.05, 0.1) is 19.8 Å². The molecular weight excluding hydrogens is 639 g/mol. The minimum Gasteiger partial charge on any atom is -0.450 e. The highest BCUT2D eigenvalue weighted by Crippen LogP contribution is 2.70. The summed E-state index contributed by atoms with van der Waals surface area (Å²) < 4.78 is 30.0. The fourth-order valence-electron chi connectivity index (χ4n) is 7.31. The molecule has 1 unspecified atom stereocenters. The van der Waals surface area contributed by atoms with Gasteiger partial charge in [-0.3, -0.25) is 19.1 Å². The van der Waals surface area contributed by atoms with Crippen LogP contribution >= 0.6 is 7.60 Å². The first kappa shape index (κ1) is 36.1. The Morgan fingerprint density at radius 1 is 1.12 bits per heavy atom. The Kier molecular flexibility index (Phi) is 10.8. The molecule has 2 fully saturated rings. The van der Waals surface area contributed by atoms with E-state index in [1.807, 2.05) is 19.1 Å². The van der Waals surface area contributed by atoms with Gasteiger partial charge < -0.3 is 34.4 Å². The molecule has 4 aliphatic rings. The molecule has 4 bridgehead atoms. The van der Waals surface area contributed by atoms with E-state index in [0.717, 1.165) is 36.8 Å². The number of rotatable bonds is 6. The molecule has 3 N–H and O–H groups in total. The van der Waals surface area contributed by atoms with E-state index < -0.39 is 60.5 Å². The number of aryl methyl sites for hydroxylation is 1. The normalized spacial score (nSPS) is 29.8. The van der Waals surface area contributed by atoms with Crippen LogP contribution in [-0.4, -0.2) is 81.9 Å². The first-order valence-electron chi connectivity index (χ1n) is 17.3. The van der Waals surface area contributed by atoms with E-state index in [0.29, 0.717) is 25.9 Å². The smallest absolute Gasteiger partial charge is 0.410 e. The van der Waals surface area contributed by atoms with E-state index in [2.05, 4.69) is 16.7 Å². The van der Waals surface area contributed by atoms with Gasteiger partial charge in [0, 0.05) is 19.5 Å². The highest BCUT2D eigenvalue weighted by atomic mass is 31.2. The minimum absolute atomic E-state index is 0.00914. The third kappa shape index (κ3) is 7.53. The SMILES string of the molecule is CCOP(=O)(O)[C@@]1(NC(=O)[C@@H]2C[C@@H]3CN2C(=O)[C@H](C(C)(C)C)NC(=O)OCCCCCCc2cccc4c2CN(C4)C(=O)O3)C[C@H]1CC. The van der Waals surface area contributed by atoms with E-state index in [1.165, 1.54) is 10.5 Å². The first-order chi connectivity index (χ1) is 22.7. The number of carbonyl (C=O) groups excluding carboxylic acids is 4. The maximum absolute atomic E-state index is 14.3. The number of carbonyl (C=O) groups is 4. The summed E-state index contributed by atoms with van der Waals surface area (Å²) in [5.74, 6) is -1.46. The number of nitrogens with one attached hydrogen (secondary N) is 2. The Bertz CT molecular complexity index is 1450. The average Bonchev–Trinajstić information content (AvgIpc) is 3.34. The number of cyclic esters (lactones) is 1. The quantitative estimate of drug-likeness (QED) is 0.355. The van der Waals surface area contributed by atoms with E-state index >= 15 is 0 Å². The van der Waals surface area contributed by atoms with Crippen molar-refractivity contribution in [3.05, 3.63) is 34.9 Å². The molecular formula is C34H51N4O9P. The van der Waals surface area contributed by atoms with Crippen LogP contribution < -0.4 is 10.6 Å². The van der Waals surface area contributed by atoms with Crippen molar-refractivity contribution >= 4 is 31.6 Å². The van der Waals surface area contributed by atoms with Crippen molar-refractivity contribution in [1.82, 2.24) is 20.4 Å². The van der Waals surface area contributed by atoms with Crippen molar-refractivity contribution < 1.29 is 42.6 Å². The van der Waals surface area contributed by atoms with E-state index in [-0.39, 0.29) is 38.5 Å². The van der Waals surface area contributed by atoms with Gasteiger partial charge in [-0.05, 0) is 60.6 Å². The predicted molar refractivity (Wildman–Crippen MR) is 177 cm³/mol. The number of benzene rings is 1. The highest BCUT2D eigenvalue weighted by Gasteiger charge is 2.67. The molecule has 1 saturated carbocycles. The Hall–Kier alpha value is -3.15. The van der Waals surface area contributed by atoms with Crippen LogP contribution in [0.3, 0.4) is 0 Å². The van der Waals surface area contributed by atoms with Gasteiger partial charge in [-0.1, -0.05) is 65.2 Å². The fraction of sp³-hybridized carbons (Fsp3) is 0.706. The standard InChI is InChI=1S/C34H51N4O9P/c1-6-24-18-34(24,48(43,44)46-7-2)36-29(39)27-17-25-20-38(27)30(40)28(33(3,4)5)35-31(41)45-16-11-9-8-10-13-22-14-12-15-23-19-37(21-26(22)23)32(42)47-25/h12,14-15,24-25,27-28H,6-11,13,16-21H2,1-5H3,(H,35,41)(H,36,39)(H,43,44)/t24-,25-,27+,28-,34+/m1/s1. The van der Waals surface area contributed by atoms with Gasteiger partial charge in [-0.15, -0.1) is 0 Å². The predicted octanol–water partition coefficient (Wildman–Crippen LogP) is 4.83. The van der Waals surface area contributed by atoms with Gasteiger partial charge in [-0.2, -0.15) is 0 Å². The molecule has 6 atom stereocenters. The zero-order chi connectivity index (χ0) is 34.9. The molecule has 1 aliphatic carbocycles. The largest absolute Gasteiger partial charge is 0.450 e. The first-order valence-corrected chi connectivity index (χ1v) is 18.9. The van der Waals surface area contributed by atoms with Crippen LogP contribution in [-0.2, 0) is 47.7 Å². The number of hydrogen-bond acceptors (Lipinski definition) is 8. The van der Waals surface area contributed by atoms with Gasteiger partial charge in [0.1, 0.15) is 23.5 Å². The Morgan fingerprint density at radius 2 is 1.85 bits per heavy atom. The third-order valence-electron chi connectivity index (χ3n) is 10.1. The Morgan fingerprint density at radius 3 is 2.54 bits per heavy atom. The van der Waals surface area contributed by atoms with Crippen LogP contribution in [0.1, 0.15) is 96.3 Å². The number of nitrogens with zero attached hydrogens (tertiary/aromatic N) is 2. The molecule has 0 radical (unpaired) electrons. The minimum atomic E-state index is -4.26. The van der Waals surface area contributed by atoms with Crippen molar-refractivity contribution in [2.45, 2.75) is 123 Å². The van der Waals surface area contributed by atoms with Gasteiger partial charge >= 0.3 is 19.8 Å². The molecule has 1 saturated heterocycles. The lowest BCUT2D eigenvalue weighted by Gasteiger charge is -2.35. The van der Waals surface area contributed by atoms with Gasteiger partial charge in [-0.25, -0.2) is 9.59 Å². The molecule has 3 aliphatic heterocycles. The lowest BCUT2D eigenvalue weighted by atomic mass is 9.85.